The van der Waals surface area contributed by atoms with Gasteiger partial charge in [0.2, 0.25) is 5.91 Å². The van der Waals surface area contributed by atoms with Gasteiger partial charge in [0.15, 0.2) is 0 Å². The number of hydrogen-bond acceptors (Lipinski definition) is 3. The number of amides is 2. The molecule has 1 aromatic rings. The molecule has 0 aromatic heterocycles. The SMILES string of the molecule is CNCC1CCCN1C(=O)CNC(=O)c1ccccc1C(F)(F)F. The van der Waals surface area contributed by atoms with E-state index in [2.05, 4.69) is 10.6 Å². The Kier molecular flexibility index (Phi) is 5.82. The fraction of sp³-hybridized carbons (Fsp3) is 0.500. The summed E-state index contributed by atoms with van der Waals surface area (Å²) in [6.07, 6.45) is -2.87. The van der Waals surface area contributed by atoms with Gasteiger partial charge in [-0.2, -0.15) is 13.2 Å². The molecule has 5 nitrogen and oxygen atoms in total. The molecule has 2 rings (SSSR count). The van der Waals surface area contributed by atoms with Crippen LogP contribution in [0.4, 0.5) is 13.2 Å². The zero-order valence-corrected chi connectivity index (χ0v) is 13.3. The number of rotatable bonds is 5. The lowest BCUT2D eigenvalue weighted by molar-refractivity contribution is -0.137. The van der Waals surface area contributed by atoms with E-state index in [-0.39, 0.29) is 18.5 Å². The molecule has 8 heteroatoms. The van der Waals surface area contributed by atoms with E-state index in [1.165, 1.54) is 12.1 Å². The van der Waals surface area contributed by atoms with Crippen molar-refractivity contribution >= 4 is 11.8 Å². The number of alkyl halides is 3. The van der Waals surface area contributed by atoms with Gasteiger partial charge in [-0.1, -0.05) is 12.1 Å². The minimum atomic E-state index is -4.62. The van der Waals surface area contributed by atoms with Gasteiger partial charge in [-0.25, -0.2) is 0 Å². The van der Waals surface area contributed by atoms with Gasteiger partial charge in [-0.05, 0) is 32.0 Å². The molecule has 1 fully saturated rings. The molecule has 24 heavy (non-hydrogen) atoms. The molecule has 2 amide bonds. The molecule has 1 saturated heterocycles. The molecule has 1 heterocycles. The van der Waals surface area contributed by atoms with Crippen LogP contribution in [0.2, 0.25) is 0 Å². The van der Waals surface area contributed by atoms with Crippen LogP contribution in [0.1, 0.15) is 28.8 Å². The van der Waals surface area contributed by atoms with Gasteiger partial charge in [-0.3, -0.25) is 9.59 Å². The highest BCUT2D eigenvalue weighted by molar-refractivity contribution is 5.97. The van der Waals surface area contributed by atoms with Crippen molar-refractivity contribution in [2.75, 3.05) is 26.7 Å². The second-order valence-electron chi connectivity index (χ2n) is 5.67. The highest BCUT2D eigenvalue weighted by Crippen LogP contribution is 2.31. The molecule has 0 bridgehead atoms. The summed E-state index contributed by atoms with van der Waals surface area (Å²) in [7, 11) is 1.79. The maximum atomic E-state index is 12.9. The van der Waals surface area contributed by atoms with Crippen LogP contribution in [0.15, 0.2) is 24.3 Å². The predicted molar refractivity (Wildman–Crippen MR) is 82.4 cm³/mol. The molecule has 1 aromatic carbocycles. The fourth-order valence-electron chi connectivity index (χ4n) is 2.89. The first-order chi connectivity index (χ1) is 11.3. The van der Waals surface area contributed by atoms with Crippen molar-refractivity contribution in [1.82, 2.24) is 15.5 Å². The Balaban J connectivity index is 2.00. The first-order valence-corrected chi connectivity index (χ1v) is 7.73. The fourth-order valence-corrected chi connectivity index (χ4v) is 2.89. The largest absolute Gasteiger partial charge is 0.417 e. The summed E-state index contributed by atoms with van der Waals surface area (Å²) in [5.41, 5.74) is -1.49. The van der Waals surface area contributed by atoms with Crippen LogP contribution in [0.25, 0.3) is 0 Å². The highest BCUT2D eigenvalue weighted by Gasteiger charge is 2.35. The number of likely N-dealkylation sites (tertiary alicyclic amines) is 1. The van der Waals surface area contributed by atoms with Crippen LogP contribution in [0.5, 0.6) is 0 Å². The van der Waals surface area contributed by atoms with Gasteiger partial charge in [0.1, 0.15) is 0 Å². The van der Waals surface area contributed by atoms with E-state index in [0.717, 1.165) is 25.0 Å². The molecule has 0 aliphatic carbocycles. The van der Waals surface area contributed by atoms with Crippen LogP contribution < -0.4 is 10.6 Å². The van der Waals surface area contributed by atoms with Gasteiger partial charge in [-0.15, -0.1) is 0 Å². The third kappa shape index (κ3) is 4.25. The Morgan fingerprint density at radius 2 is 2.00 bits per heavy atom. The molecule has 2 N–H and O–H groups in total. The van der Waals surface area contributed by atoms with E-state index in [0.29, 0.717) is 13.1 Å². The number of likely N-dealkylation sites (N-methyl/N-ethyl adjacent to an activating group) is 1. The van der Waals surface area contributed by atoms with E-state index in [4.69, 9.17) is 0 Å². The van der Waals surface area contributed by atoms with Crippen LogP contribution in [-0.2, 0) is 11.0 Å². The van der Waals surface area contributed by atoms with E-state index in [1.54, 1.807) is 11.9 Å². The van der Waals surface area contributed by atoms with Crippen molar-refractivity contribution in [3.8, 4) is 0 Å². The third-order valence-corrected chi connectivity index (χ3v) is 4.01. The molecule has 1 atom stereocenters. The van der Waals surface area contributed by atoms with Crippen LogP contribution in [0.3, 0.4) is 0 Å². The summed E-state index contributed by atoms with van der Waals surface area (Å²) in [5.74, 6) is -1.19. The van der Waals surface area contributed by atoms with Gasteiger partial charge in [0.25, 0.3) is 5.91 Å². The number of carbonyl (C=O) groups excluding carboxylic acids is 2. The normalized spacial score (nSPS) is 17.8. The van der Waals surface area contributed by atoms with Crippen LogP contribution in [0, 0.1) is 0 Å². The Labute approximate surface area is 138 Å². The summed E-state index contributed by atoms with van der Waals surface area (Å²) < 4.78 is 38.8. The van der Waals surface area contributed by atoms with Crippen molar-refractivity contribution in [2.45, 2.75) is 25.1 Å². The van der Waals surface area contributed by atoms with Gasteiger partial charge < -0.3 is 15.5 Å². The maximum absolute atomic E-state index is 12.9. The van der Waals surface area contributed by atoms with E-state index in [1.807, 2.05) is 0 Å². The summed E-state index contributed by atoms with van der Waals surface area (Å²) in [5, 5.41) is 5.30. The molecular formula is C16H20F3N3O2. The van der Waals surface area contributed by atoms with E-state index < -0.39 is 23.2 Å². The Morgan fingerprint density at radius 1 is 1.29 bits per heavy atom. The lowest BCUT2D eigenvalue weighted by atomic mass is 10.1. The number of nitrogens with zero attached hydrogens (tertiary/aromatic N) is 1. The van der Waals surface area contributed by atoms with Gasteiger partial charge in [0.05, 0.1) is 17.7 Å². The number of hydrogen-bond donors (Lipinski definition) is 2. The van der Waals surface area contributed by atoms with Gasteiger partial charge in [0, 0.05) is 19.1 Å². The quantitative estimate of drug-likeness (QED) is 0.855. The Morgan fingerprint density at radius 3 is 2.67 bits per heavy atom. The zero-order valence-electron chi connectivity index (χ0n) is 13.3. The highest BCUT2D eigenvalue weighted by atomic mass is 19.4. The number of benzene rings is 1. The van der Waals surface area contributed by atoms with Crippen molar-refractivity contribution in [3.63, 3.8) is 0 Å². The smallest absolute Gasteiger partial charge is 0.343 e. The van der Waals surface area contributed by atoms with Crippen molar-refractivity contribution in [3.05, 3.63) is 35.4 Å². The average molecular weight is 343 g/mol. The Hall–Kier alpha value is -2.09. The van der Waals surface area contributed by atoms with E-state index >= 15 is 0 Å². The van der Waals surface area contributed by atoms with Crippen LogP contribution >= 0.6 is 0 Å². The lowest BCUT2D eigenvalue weighted by Crippen LogP contribution is -2.45. The van der Waals surface area contributed by atoms with Crippen molar-refractivity contribution in [1.29, 1.82) is 0 Å². The second kappa shape index (κ2) is 7.65. The molecule has 1 aliphatic rings. The molecule has 0 saturated carbocycles. The second-order valence-corrected chi connectivity index (χ2v) is 5.67. The summed E-state index contributed by atoms with van der Waals surface area (Å²) >= 11 is 0. The molecule has 1 unspecified atom stereocenters. The first-order valence-electron chi connectivity index (χ1n) is 7.73. The summed E-state index contributed by atoms with van der Waals surface area (Å²) in [6, 6.07) is 4.58. The van der Waals surface area contributed by atoms with E-state index in [9.17, 15) is 22.8 Å². The molecular weight excluding hydrogens is 323 g/mol. The summed E-state index contributed by atoms with van der Waals surface area (Å²) in [6.45, 7) is 0.933. The summed E-state index contributed by atoms with van der Waals surface area (Å²) in [4.78, 5) is 25.9. The molecule has 1 aliphatic heterocycles. The Bertz CT molecular complexity index is 604. The van der Waals surface area contributed by atoms with Crippen LogP contribution in [-0.4, -0.2) is 49.4 Å². The van der Waals surface area contributed by atoms with Crippen molar-refractivity contribution in [2.24, 2.45) is 0 Å². The van der Waals surface area contributed by atoms with Crippen molar-refractivity contribution < 1.29 is 22.8 Å². The number of nitrogens with one attached hydrogen (secondary N) is 2. The zero-order chi connectivity index (χ0) is 17.7. The first kappa shape index (κ1) is 18.3. The minimum absolute atomic E-state index is 0.0573. The number of halogens is 3. The minimum Gasteiger partial charge on any atom is -0.343 e. The predicted octanol–water partition coefficient (Wildman–Crippen LogP) is 1.65. The molecule has 0 spiro atoms. The molecule has 0 radical (unpaired) electrons. The monoisotopic (exact) mass is 343 g/mol. The third-order valence-electron chi connectivity index (χ3n) is 4.01. The topological polar surface area (TPSA) is 61.4 Å². The maximum Gasteiger partial charge on any atom is 0.417 e. The standard InChI is InChI=1S/C16H20F3N3O2/c1-20-9-11-5-4-8-22(11)14(23)10-21-15(24)12-6-2-3-7-13(12)16(17,18)19/h2-3,6-7,11,20H,4-5,8-10H2,1H3,(H,21,24). The number of carbonyl (C=O) groups is 2. The molecule has 132 valence electrons. The average Bonchev–Trinajstić information content (AvgIpc) is 3.00. The van der Waals surface area contributed by atoms with Gasteiger partial charge >= 0.3 is 6.18 Å². The lowest BCUT2D eigenvalue weighted by Gasteiger charge is -2.24.